The number of rotatable bonds is 8. The molecule has 8 heteroatoms. The van der Waals surface area contributed by atoms with Crippen molar-refractivity contribution in [2.24, 2.45) is 10.8 Å². The summed E-state index contributed by atoms with van der Waals surface area (Å²) in [5.41, 5.74) is 1.25. The maximum absolute atomic E-state index is 13.1. The van der Waals surface area contributed by atoms with E-state index in [1.54, 1.807) is 0 Å². The highest BCUT2D eigenvalue weighted by Crippen LogP contribution is 2.64. The molecule has 0 radical (unpaired) electrons. The molecule has 4 aromatic rings. The van der Waals surface area contributed by atoms with Crippen molar-refractivity contribution in [2.75, 3.05) is 0 Å². The first-order chi connectivity index (χ1) is 22.8. The second-order valence-corrected chi connectivity index (χ2v) is 20.2. The third-order valence-electron chi connectivity index (χ3n) is 9.47. The summed E-state index contributed by atoms with van der Waals surface area (Å²) in [4.78, 5) is 34.1. The zero-order valence-corrected chi connectivity index (χ0v) is 31.8. The Labute approximate surface area is 301 Å². The molecule has 4 nitrogen and oxygen atoms in total. The molecular weight excluding hydrogens is 673 g/mol. The van der Waals surface area contributed by atoms with Crippen molar-refractivity contribution in [2.45, 2.75) is 112 Å². The van der Waals surface area contributed by atoms with Crippen molar-refractivity contribution < 1.29 is 19.1 Å². The van der Waals surface area contributed by atoms with Gasteiger partial charge in [0.25, 0.3) is 0 Å². The largest absolute Gasteiger partial charge is 0.456 e. The Morgan fingerprint density at radius 1 is 0.646 bits per heavy atom. The lowest BCUT2D eigenvalue weighted by Crippen LogP contribution is -2.28. The topological polar surface area (TPSA) is 52.6 Å². The van der Waals surface area contributed by atoms with E-state index in [1.807, 2.05) is 124 Å². The fraction of sp³-hybridized carbons (Fsp3) is 0.450. The Morgan fingerprint density at radius 3 is 1.38 bits per heavy atom. The number of carbonyl (C=O) groups excluding carboxylic acids is 2. The first-order valence-corrected chi connectivity index (χ1v) is 20.3. The van der Waals surface area contributed by atoms with E-state index in [2.05, 4.69) is 36.4 Å². The third-order valence-corrected chi connectivity index (χ3v) is 15.3. The first kappa shape index (κ1) is 34.0. The molecule has 0 saturated heterocycles. The minimum Gasteiger partial charge on any atom is -0.456 e. The minimum absolute atomic E-state index is 0.157. The van der Waals surface area contributed by atoms with Gasteiger partial charge in [0.2, 0.25) is 0 Å². The first-order valence-electron chi connectivity index (χ1n) is 16.9. The normalized spacial score (nSPS) is 22.6. The molecule has 2 aromatic carbocycles. The molecule has 0 spiro atoms. The van der Waals surface area contributed by atoms with Gasteiger partial charge in [0.05, 0.1) is 10.8 Å². The molecule has 48 heavy (non-hydrogen) atoms. The minimum atomic E-state index is -0.553. The van der Waals surface area contributed by atoms with Crippen LogP contribution in [0.25, 0.3) is 0 Å². The van der Waals surface area contributed by atoms with E-state index in [1.165, 1.54) is 30.7 Å². The van der Waals surface area contributed by atoms with Crippen LogP contribution in [0.3, 0.4) is 0 Å². The highest BCUT2D eigenvalue weighted by molar-refractivity contribution is 8.01. The second-order valence-electron chi connectivity index (χ2n) is 15.4. The van der Waals surface area contributed by atoms with Gasteiger partial charge in [0, 0.05) is 64.5 Å². The predicted molar refractivity (Wildman–Crippen MR) is 200 cm³/mol. The number of fused-ring (bicyclic) bond motifs is 6. The second kappa shape index (κ2) is 13.3. The number of thioether (sulfide) groups is 2. The van der Waals surface area contributed by atoms with E-state index >= 15 is 0 Å². The van der Waals surface area contributed by atoms with Crippen LogP contribution in [0.1, 0.15) is 109 Å². The molecule has 0 N–H and O–H groups in total. The van der Waals surface area contributed by atoms with Crippen molar-refractivity contribution in [3.05, 3.63) is 103 Å². The summed E-state index contributed by atoms with van der Waals surface area (Å²) in [7, 11) is 0. The van der Waals surface area contributed by atoms with Crippen molar-refractivity contribution in [1.29, 1.82) is 0 Å². The summed E-state index contributed by atoms with van der Waals surface area (Å²) < 4.78 is 12.4. The predicted octanol–water partition coefficient (Wildman–Crippen LogP) is 11.2. The highest BCUT2D eigenvalue weighted by Gasteiger charge is 2.49. The van der Waals surface area contributed by atoms with Gasteiger partial charge in [-0.1, -0.05) is 60.7 Å². The van der Waals surface area contributed by atoms with E-state index < -0.39 is 10.8 Å². The molecule has 1 saturated carbocycles. The molecular formula is C40H44O4S4. The van der Waals surface area contributed by atoms with Crippen LogP contribution < -0.4 is 0 Å². The monoisotopic (exact) mass is 716 g/mol. The summed E-state index contributed by atoms with van der Waals surface area (Å²) in [6, 6.07) is 25.4. The number of benzene rings is 2. The molecule has 7 rings (SSSR count). The molecule has 1 aliphatic carbocycles. The fourth-order valence-corrected chi connectivity index (χ4v) is 13.2. The molecule has 4 heterocycles. The fourth-order valence-electron chi connectivity index (χ4n) is 6.77. The number of carbonyl (C=O) groups is 2. The summed E-state index contributed by atoms with van der Waals surface area (Å²) in [5.74, 6) is 0.741. The standard InChI is InChI=1S/C40H44O4S4/c1-39(2,3)37(41)43-27(17-23-13-9-7-10-14-23)31-21-33-35(47-31)25-19-30-26(20-29(25)45-33)36-34(46-30)22-32(48-36)28(44-38(42)40(4,5)6)18-24-15-11-8-12-16-24/h7-16,21-22,25-30H,17-20H2,1-6H3. The Kier molecular flexibility index (Phi) is 9.42. The van der Waals surface area contributed by atoms with E-state index in [9.17, 15) is 9.59 Å². The lowest BCUT2D eigenvalue weighted by molar-refractivity contribution is -0.159. The molecule has 6 unspecified atom stereocenters. The van der Waals surface area contributed by atoms with Crippen molar-refractivity contribution >= 4 is 58.1 Å². The molecule has 2 aliphatic heterocycles. The summed E-state index contributed by atoms with van der Waals surface area (Å²) in [5, 5.41) is 1.12. The van der Waals surface area contributed by atoms with Crippen LogP contribution in [0.15, 0.2) is 82.6 Å². The average molecular weight is 717 g/mol. The van der Waals surface area contributed by atoms with Crippen molar-refractivity contribution in [3.8, 4) is 0 Å². The Morgan fingerprint density at radius 2 is 1.02 bits per heavy atom. The Hall–Kier alpha value is -2.52. The molecule has 1 fully saturated rings. The van der Waals surface area contributed by atoms with Gasteiger partial charge in [-0.05, 0) is 77.6 Å². The zero-order chi connectivity index (χ0) is 33.8. The zero-order valence-electron chi connectivity index (χ0n) is 28.5. The summed E-state index contributed by atoms with van der Waals surface area (Å²) in [6.07, 6.45) is 3.11. The number of ether oxygens (including phenoxy) is 2. The lowest BCUT2D eigenvalue weighted by Gasteiger charge is -2.34. The summed E-state index contributed by atoms with van der Waals surface area (Å²) >= 11 is 7.81. The van der Waals surface area contributed by atoms with Crippen molar-refractivity contribution in [3.63, 3.8) is 0 Å². The smallest absolute Gasteiger partial charge is 0.311 e. The van der Waals surface area contributed by atoms with Gasteiger partial charge in [0.15, 0.2) is 0 Å². The average Bonchev–Trinajstić information content (AvgIpc) is 3.79. The van der Waals surface area contributed by atoms with E-state index in [-0.39, 0.29) is 24.1 Å². The number of esters is 2. The Balaban J connectivity index is 1.09. The van der Waals surface area contributed by atoms with Crippen LogP contribution in [-0.4, -0.2) is 22.4 Å². The van der Waals surface area contributed by atoms with Crippen LogP contribution in [0.4, 0.5) is 0 Å². The summed E-state index contributed by atoms with van der Waals surface area (Å²) in [6.45, 7) is 11.5. The molecule has 0 bridgehead atoms. The van der Waals surface area contributed by atoms with Crippen molar-refractivity contribution in [1.82, 2.24) is 0 Å². The highest BCUT2D eigenvalue weighted by atomic mass is 32.2. The van der Waals surface area contributed by atoms with E-state index in [0.717, 1.165) is 22.6 Å². The molecule has 2 aromatic heterocycles. The Bertz CT molecular complexity index is 1650. The van der Waals surface area contributed by atoms with E-state index in [0.29, 0.717) is 35.2 Å². The van der Waals surface area contributed by atoms with Crippen LogP contribution >= 0.6 is 46.2 Å². The number of hydrogen-bond acceptors (Lipinski definition) is 8. The van der Waals surface area contributed by atoms with Gasteiger partial charge < -0.3 is 9.47 Å². The maximum Gasteiger partial charge on any atom is 0.311 e. The van der Waals surface area contributed by atoms with E-state index in [4.69, 9.17) is 9.47 Å². The maximum atomic E-state index is 13.1. The number of hydrogen-bond donors (Lipinski definition) is 0. The number of thiophene rings is 2. The van der Waals surface area contributed by atoms with Gasteiger partial charge in [-0.2, -0.15) is 0 Å². The van der Waals surface area contributed by atoms with Gasteiger partial charge in [-0.25, -0.2) is 0 Å². The lowest BCUT2D eigenvalue weighted by atomic mass is 9.80. The van der Waals surface area contributed by atoms with Crippen LogP contribution in [0.5, 0.6) is 0 Å². The SMILES string of the molecule is CC(C)(C)C(=O)OC(Cc1ccccc1)c1cc2c(s1)C1CC3Sc4cc(C(Cc5ccccc5)OC(=O)C(C)(C)C)sc4C3CC1S2. The quantitative estimate of drug-likeness (QED) is 0.169. The van der Waals surface area contributed by atoms with Gasteiger partial charge in [0.1, 0.15) is 12.2 Å². The van der Waals surface area contributed by atoms with Gasteiger partial charge in [-0.3, -0.25) is 9.59 Å². The van der Waals surface area contributed by atoms with Crippen LogP contribution in [-0.2, 0) is 31.9 Å². The van der Waals surface area contributed by atoms with Crippen LogP contribution in [0, 0.1) is 10.8 Å². The molecule has 0 amide bonds. The van der Waals surface area contributed by atoms with Crippen LogP contribution in [0.2, 0.25) is 0 Å². The molecule has 252 valence electrons. The van der Waals surface area contributed by atoms with Gasteiger partial charge in [-0.15, -0.1) is 46.2 Å². The molecule has 6 atom stereocenters. The molecule has 3 aliphatic rings. The third kappa shape index (κ3) is 7.05. The van der Waals surface area contributed by atoms with Gasteiger partial charge >= 0.3 is 11.9 Å².